The molecule has 0 saturated carbocycles. The Bertz CT molecular complexity index is 264. The average molecular weight is 227 g/mol. The molecule has 0 heterocycles. The lowest BCUT2D eigenvalue weighted by molar-refractivity contribution is -0.228. The van der Waals surface area contributed by atoms with Crippen molar-refractivity contribution in [1.29, 1.82) is 0 Å². The lowest BCUT2D eigenvalue weighted by Crippen LogP contribution is -2.56. The second-order valence-electron chi connectivity index (χ2n) is 2.70. The molecule has 0 radical (unpaired) electrons. The largest absolute Gasteiger partial charge is 0.479 e. The van der Waals surface area contributed by atoms with Gasteiger partial charge in [-0.15, -0.1) is 0 Å². The van der Waals surface area contributed by atoms with E-state index >= 15 is 0 Å². The molecule has 0 bridgehead atoms. The van der Waals surface area contributed by atoms with Crippen molar-refractivity contribution in [2.24, 2.45) is 0 Å². The number of rotatable bonds is 5. The first-order chi connectivity index (χ1) is 6.62. The van der Waals surface area contributed by atoms with E-state index in [1.165, 1.54) is 0 Å². The van der Waals surface area contributed by atoms with Gasteiger partial charge in [-0.25, -0.2) is 9.59 Å². The van der Waals surface area contributed by atoms with Crippen molar-refractivity contribution in [3.05, 3.63) is 0 Å². The summed E-state index contributed by atoms with van der Waals surface area (Å²) in [5, 5.41) is 50.9. The summed E-state index contributed by atoms with van der Waals surface area (Å²) in [6.45, 7) is 0. The zero-order valence-corrected chi connectivity index (χ0v) is 7.11. The Hall–Kier alpha value is -1.29. The van der Waals surface area contributed by atoms with Crippen LogP contribution in [-0.4, -0.2) is 66.7 Å². The highest BCUT2D eigenvalue weighted by Crippen LogP contribution is 2.18. The Kier molecular flexibility index (Phi) is 4.10. The molecule has 0 spiro atoms. The molecule has 0 aliphatic carbocycles. The topological polar surface area (TPSA) is 156 Å². The highest BCUT2D eigenvalue weighted by molar-refractivity contribution is 5.77. The summed E-state index contributed by atoms with van der Waals surface area (Å²) in [6.07, 6.45) is -8.31. The fraction of sp³-hybridized carbons (Fsp3) is 0.667. The van der Waals surface area contributed by atoms with Gasteiger partial charge in [0.25, 0.3) is 0 Å². The number of carbonyl (C=O) groups is 2. The smallest absolute Gasteiger partial charge is 0.372 e. The minimum atomic E-state index is -4.25. The van der Waals surface area contributed by atoms with Gasteiger partial charge in [0.05, 0.1) is 0 Å². The van der Waals surface area contributed by atoms with E-state index in [0.717, 1.165) is 0 Å². The Morgan fingerprint density at radius 3 is 1.80 bits per heavy atom. The average Bonchev–Trinajstić information content (AvgIpc) is 2.13. The first-order valence-corrected chi connectivity index (χ1v) is 3.54. The Morgan fingerprint density at radius 1 is 1.13 bits per heavy atom. The Balaban J connectivity index is 4.78. The second kappa shape index (κ2) is 4.49. The molecular formula is C6H9FO8. The molecular weight excluding hydrogens is 218 g/mol. The van der Waals surface area contributed by atoms with Crippen molar-refractivity contribution in [1.82, 2.24) is 0 Å². The molecule has 6 N–H and O–H groups in total. The first kappa shape index (κ1) is 13.7. The van der Waals surface area contributed by atoms with Crippen molar-refractivity contribution in [3.8, 4) is 0 Å². The maximum Gasteiger partial charge on any atom is 0.372 e. The summed E-state index contributed by atoms with van der Waals surface area (Å²) in [5.74, 6) is -8.79. The highest BCUT2D eigenvalue weighted by atomic mass is 18.2. The standard InChI is InChI=1S/C6H9FO8/c7-6(15,5(13)14)3(10)1(8)2(9)4(11)12/h1-3,8-10,15H,(H,11,12)(H,13,14)/t1-,2+,3+,6-/m1/s1/i7-1. The van der Waals surface area contributed by atoms with Crippen LogP contribution in [0.5, 0.6) is 0 Å². The van der Waals surface area contributed by atoms with Gasteiger partial charge in [-0.05, 0) is 0 Å². The summed E-state index contributed by atoms with van der Waals surface area (Å²) in [4.78, 5) is 20.1. The van der Waals surface area contributed by atoms with E-state index in [4.69, 9.17) is 30.6 Å². The molecule has 0 unspecified atom stereocenters. The summed E-state index contributed by atoms with van der Waals surface area (Å²) in [6, 6.07) is 0. The number of carboxylic acids is 2. The number of aliphatic hydroxyl groups excluding tert-OH is 3. The van der Waals surface area contributed by atoms with Crippen molar-refractivity contribution in [2.45, 2.75) is 24.2 Å². The number of aliphatic hydroxyl groups is 4. The number of halogens is 1. The predicted octanol–water partition coefficient (Wildman–Crippen LogP) is -3.10. The number of aliphatic carboxylic acids is 2. The summed E-state index contributed by atoms with van der Waals surface area (Å²) in [5.41, 5.74) is 0. The summed E-state index contributed by atoms with van der Waals surface area (Å²) >= 11 is 0. The van der Waals surface area contributed by atoms with Crippen LogP contribution in [0.25, 0.3) is 0 Å². The first-order valence-electron chi connectivity index (χ1n) is 3.54. The molecule has 8 nitrogen and oxygen atoms in total. The van der Waals surface area contributed by atoms with Gasteiger partial charge in [-0.2, -0.15) is 4.39 Å². The van der Waals surface area contributed by atoms with Crippen LogP contribution >= 0.6 is 0 Å². The van der Waals surface area contributed by atoms with Crippen LogP contribution in [-0.2, 0) is 9.59 Å². The third kappa shape index (κ3) is 2.83. The van der Waals surface area contributed by atoms with Crippen LogP contribution in [0.1, 0.15) is 0 Å². The van der Waals surface area contributed by atoms with Crippen molar-refractivity contribution in [3.63, 3.8) is 0 Å². The summed E-state index contributed by atoms with van der Waals surface area (Å²) < 4.78 is 12.7. The molecule has 0 fully saturated rings. The van der Waals surface area contributed by atoms with Gasteiger partial charge in [0.15, 0.2) is 12.2 Å². The van der Waals surface area contributed by atoms with Gasteiger partial charge in [-0.1, -0.05) is 0 Å². The molecule has 9 heteroatoms. The second-order valence-corrected chi connectivity index (χ2v) is 2.70. The lowest BCUT2D eigenvalue weighted by atomic mass is 10.0. The third-order valence-electron chi connectivity index (χ3n) is 1.59. The number of hydrogen-bond donors (Lipinski definition) is 6. The molecule has 0 rings (SSSR count). The fourth-order valence-electron chi connectivity index (χ4n) is 0.672. The molecule has 0 aromatic heterocycles. The van der Waals surface area contributed by atoms with Gasteiger partial charge in [0.2, 0.25) is 0 Å². The van der Waals surface area contributed by atoms with E-state index in [9.17, 15) is 14.0 Å². The number of carboxylic acid groups (broad SMARTS) is 2. The van der Waals surface area contributed by atoms with Crippen LogP contribution in [0.3, 0.4) is 0 Å². The minimum absolute atomic E-state index is 2.01. The van der Waals surface area contributed by atoms with Crippen LogP contribution in [0, 0.1) is 0 Å². The Labute approximate surface area is 81.8 Å². The Morgan fingerprint density at radius 2 is 1.53 bits per heavy atom. The molecule has 0 saturated heterocycles. The predicted molar refractivity (Wildman–Crippen MR) is 39.3 cm³/mol. The molecule has 0 aliphatic rings. The van der Waals surface area contributed by atoms with E-state index in [0.29, 0.717) is 0 Å². The van der Waals surface area contributed by atoms with Crippen molar-refractivity contribution >= 4 is 11.9 Å². The summed E-state index contributed by atoms with van der Waals surface area (Å²) in [7, 11) is 0. The van der Waals surface area contributed by atoms with E-state index in [-0.39, 0.29) is 0 Å². The molecule has 88 valence electrons. The highest BCUT2D eigenvalue weighted by Gasteiger charge is 2.50. The van der Waals surface area contributed by atoms with E-state index < -0.39 is 36.1 Å². The van der Waals surface area contributed by atoms with Gasteiger partial charge in [0.1, 0.15) is 6.10 Å². The van der Waals surface area contributed by atoms with Gasteiger partial charge < -0.3 is 30.6 Å². The van der Waals surface area contributed by atoms with Crippen LogP contribution in [0.2, 0.25) is 0 Å². The van der Waals surface area contributed by atoms with E-state index in [2.05, 4.69) is 0 Å². The van der Waals surface area contributed by atoms with E-state index in [1.54, 1.807) is 0 Å². The number of hydrogen-bond acceptors (Lipinski definition) is 6. The normalized spacial score (nSPS) is 21.1. The quantitative estimate of drug-likeness (QED) is 0.288. The van der Waals surface area contributed by atoms with E-state index in [1.807, 2.05) is 0 Å². The van der Waals surface area contributed by atoms with Crippen LogP contribution < -0.4 is 0 Å². The maximum absolute atomic E-state index is 12.7. The monoisotopic (exact) mass is 227 g/mol. The third-order valence-corrected chi connectivity index (χ3v) is 1.59. The molecule has 0 amide bonds. The molecule has 0 aromatic carbocycles. The SMILES string of the molecule is O=C(O)[C@@H](O)[C@@H](O)[C@H](O)[C@](O)([18F])C(=O)O. The number of alkyl halides is 1. The van der Waals surface area contributed by atoms with Crippen molar-refractivity contribution in [2.75, 3.05) is 0 Å². The fourth-order valence-corrected chi connectivity index (χ4v) is 0.672. The minimum Gasteiger partial charge on any atom is -0.479 e. The molecule has 4 atom stereocenters. The maximum atomic E-state index is 12.7. The molecule has 15 heavy (non-hydrogen) atoms. The molecule has 0 aromatic rings. The van der Waals surface area contributed by atoms with Gasteiger partial charge in [-0.3, -0.25) is 0 Å². The van der Waals surface area contributed by atoms with Crippen molar-refractivity contribution < 1.29 is 44.6 Å². The zero-order chi connectivity index (χ0) is 12.4. The molecule has 0 aliphatic heterocycles. The van der Waals surface area contributed by atoms with Gasteiger partial charge >= 0.3 is 17.8 Å². The van der Waals surface area contributed by atoms with Crippen LogP contribution in [0.15, 0.2) is 0 Å². The van der Waals surface area contributed by atoms with Crippen LogP contribution in [0.4, 0.5) is 4.39 Å². The lowest BCUT2D eigenvalue weighted by Gasteiger charge is -2.26. The zero-order valence-electron chi connectivity index (χ0n) is 7.11. The van der Waals surface area contributed by atoms with Gasteiger partial charge in [0, 0.05) is 0 Å².